The van der Waals surface area contributed by atoms with Crippen LogP contribution in [0.5, 0.6) is 11.5 Å². The summed E-state index contributed by atoms with van der Waals surface area (Å²) in [5.74, 6) is -1.06. The highest BCUT2D eigenvalue weighted by atomic mass is 16.7. The summed E-state index contributed by atoms with van der Waals surface area (Å²) >= 11 is 0. The molecular weight excluding hydrogens is 394 g/mol. The molecule has 2 atom stereocenters. The van der Waals surface area contributed by atoms with Gasteiger partial charge in [0.1, 0.15) is 23.1 Å². The van der Waals surface area contributed by atoms with Crippen LogP contribution in [0.3, 0.4) is 0 Å². The van der Waals surface area contributed by atoms with Crippen LogP contribution in [0.15, 0.2) is 41.6 Å². The van der Waals surface area contributed by atoms with Crippen LogP contribution in [0.2, 0.25) is 0 Å². The molecule has 0 saturated carbocycles. The molecule has 30 heavy (non-hydrogen) atoms. The molecule has 2 aliphatic heterocycles. The van der Waals surface area contributed by atoms with Crippen LogP contribution < -0.4 is 14.4 Å². The van der Waals surface area contributed by atoms with Gasteiger partial charge in [0.2, 0.25) is 12.0 Å². The highest BCUT2D eigenvalue weighted by Crippen LogP contribution is 2.39. The van der Waals surface area contributed by atoms with Crippen molar-refractivity contribution in [3.8, 4) is 11.5 Å². The first-order valence-electron chi connectivity index (χ1n) is 8.96. The van der Waals surface area contributed by atoms with Crippen LogP contribution in [0.1, 0.15) is 11.1 Å². The van der Waals surface area contributed by atoms with Crippen molar-refractivity contribution in [2.75, 3.05) is 19.1 Å². The Kier molecular flexibility index (Phi) is 4.61. The maximum Gasteiger partial charge on any atom is 0.278 e. The summed E-state index contributed by atoms with van der Waals surface area (Å²) in [5.41, 5.74) is 1.35. The Bertz CT molecular complexity index is 1110. The summed E-state index contributed by atoms with van der Waals surface area (Å²) < 4.78 is 10.6. The molecule has 4 rings (SSSR count). The quantitative estimate of drug-likeness (QED) is 0.420. The summed E-state index contributed by atoms with van der Waals surface area (Å²) in [5, 5.41) is 15.0. The minimum Gasteiger partial charge on any atom is -0.497 e. The maximum absolute atomic E-state index is 13.2. The molecule has 0 spiro atoms. The number of hydrogen-bond acceptors (Lipinski definition) is 8. The molecule has 2 aromatic carbocycles. The minimum atomic E-state index is -1.10. The molecule has 2 heterocycles. The molecule has 2 aliphatic rings. The van der Waals surface area contributed by atoms with Crippen LogP contribution in [-0.2, 0) is 14.4 Å². The van der Waals surface area contributed by atoms with E-state index >= 15 is 0 Å². The Balaban J connectivity index is 1.71. The van der Waals surface area contributed by atoms with Gasteiger partial charge in [-0.1, -0.05) is 5.16 Å². The van der Waals surface area contributed by atoms with Crippen LogP contribution in [0.4, 0.5) is 11.4 Å². The van der Waals surface area contributed by atoms with Crippen molar-refractivity contribution in [2.24, 2.45) is 11.1 Å². The average molecular weight is 411 g/mol. The van der Waals surface area contributed by atoms with Gasteiger partial charge in [0.05, 0.1) is 24.8 Å². The van der Waals surface area contributed by atoms with Gasteiger partial charge in [0, 0.05) is 23.8 Å². The predicted molar refractivity (Wildman–Crippen MR) is 105 cm³/mol. The molecule has 0 bridgehead atoms. The standard InChI is InChI=1S/C20H17N3O7/c1-10-8-11(23(26)27)4-7-14(10)22-19(24)16-17(21-30-18(16)20(22)25)13-6-5-12(28-2)9-15(13)29-3/h4-9,16,18H,1-3H3/t16-,18-/m0/s1. The number of nitro groups is 1. The number of amides is 2. The van der Waals surface area contributed by atoms with Gasteiger partial charge in [0.15, 0.2) is 0 Å². The van der Waals surface area contributed by atoms with Gasteiger partial charge >= 0.3 is 0 Å². The smallest absolute Gasteiger partial charge is 0.278 e. The second-order valence-electron chi connectivity index (χ2n) is 6.79. The van der Waals surface area contributed by atoms with Crippen molar-refractivity contribution in [3.05, 3.63) is 57.6 Å². The number of methoxy groups -OCH3 is 2. The van der Waals surface area contributed by atoms with Crippen molar-refractivity contribution in [1.29, 1.82) is 0 Å². The number of non-ortho nitro benzene ring substituents is 1. The van der Waals surface area contributed by atoms with E-state index in [9.17, 15) is 19.7 Å². The van der Waals surface area contributed by atoms with Crippen LogP contribution in [-0.4, -0.2) is 42.8 Å². The fourth-order valence-corrected chi connectivity index (χ4v) is 3.65. The number of anilines is 1. The number of oxime groups is 1. The number of nitro benzene ring substituents is 1. The summed E-state index contributed by atoms with van der Waals surface area (Å²) in [6.07, 6.45) is -1.10. The molecule has 0 unspecified atom stereocenters. The Morgan fingerprint density at radius 2 is 1.87 bits per heavy atom. The van der Waals surface area contributed by atoms with Crippen LogP contribution in [0.25, 0.3) is 0 Å². The van der Waals surface area contributed by atoms with Crippen molar-refractivity contribution in [3.63, 3.8) is 0 Å². The van der Waals surface area contributed by atoms with Crippen molar-refractivity contribution >= 4 is 28.9 Å². The van der Waals surface area contributed by atoms with Crippen molar-refractivity contribution in [2.45, 2.75) is 13.0 Å². The molecule has 0 N–H and O–H groups in total. The summed E-state index contributed by atoms with van der Waals surface area (Å²) in [4.78, 5) is 42.9. The zero-order valence-electron chi connectivity index (χ0n) is 16.3. The first-order chi connectivity index (χ1) is 14.4. The number of aryl methyl sites for hydroxylation is 1. The zero-order valence-corrected chi connectivity index (χ0v) is 16.3. The fraction of sp³-hybridized carbons (Fsp3) is 0.250. The number of carbonyl (C=O) groups excluding carboxylic acids is 2. The largest absolute Gasteiger partial charge is 0.497 e. The van der Waals surface area contributed by atoms with Crippen LogP contribution >= 0.6 is 0 Å². The molecule has 2 amide bonds. The molecule has 10 heteroatoms. The minimum absolute atomic E-state index is 0.128. The summed E-state index contributed by atoms with van der Waals surface area (Å²) in [6.45, 7) is 1.60. The first kappa shape index (κ1) is 19.4. The Labute approximate surface area is 170 Å². The third kappa shape index (κ3) is 2.84. The normalized spacial score (nSPS) is 20.0. The Morgan fingerprint density at radius 1 is 1.10 bits per heavy atom. The number of hydrogen-bond donors (Lipinski definition) is 0. The second-order valence-corrected chi connectivity index (χ2v) is 6.79. The van der Waals surface area contributed by atoms with Crippen LogP contribution in [0, 0.1) is 23.0 Å². The molecule has 1 saturated heterocycles. The van der Waals surface area contributed by atoms with E-state index in [4.69, 9.17) is 14.3 Å². The lowest BCUT2D eigenvalue weighted by atomic mass is 9.93. The Hall–Kier alpha value is -3.95. The van der Waals surface area contributed by atoms with E-state index in [0.29, 0.717) is 22.6 Å². The predicted octanol–water partition coefficient (Wildman–Crippen LogP) is 2.21. The van der Waals surface area contributed by atoms with Gasteiger partial charge in [-0.2, -0.15) is 0 Å². The monoisotopic (exact) mass is 411 g/mol. The highest BCUT2D eigenvalue weighted by molar-refractivity contribution is 6.33. The number of fused-ring (bicyclic) bond motifs is 1. The van der Waals surface area contributed by atoms with E-state index in [1.807, 2.05) is 0 Å². The first-order valence-corrected chi connectivity index (χ1v) is 8.96. The summed E-state index contributed by atoms with van der Waals surface area (Å²) in [6, 6.07) is 8.96. The van der Waals surface area contributed by atoms with Gasteiger partial charge in [-0.05, 0) is 30.7 Å². The lowest BCUT2D eigenvalue weighted by Crippen LogP contribution is -2.33. The van der Waals surface area contributed by atoms with E-state index in [-0.39, 0.29) is 17.1 Å². The average Bonchev–Trinajstić information content (AvgIpc) is 3.28. The highest BCUT2D eigenvalue weighted by Gasteiger charge is 2.56. The molecule has 2 aromatic rings. The van der Waals surface area contributed by atoms with E-state index < -0.39 is 28.8 Å². The van der Waals surface area contributed by atoms with Gasteiger partial charge in [-0.25, -0.2) is 4.90 Å². The number of rotatable bonds is 5. The molecule has 154 valence electrons. The zero-order chi connectivity index (χ0) is 21.6. The van der Waals surface area contributed by atoms with Crippen molar-refractivity contribution in [1.82, 2.24) is 0 Å². The van der Waals surface area contributed by atoms with Gasteiger partial charge in [-0.15, -0.1) is 0 Å². The van der Waals surface area contributed by atoms with Crippen molar-refractivity contribution < 1.29 is 28.8 Å². The van der Waals surface area contributed by atoms with E-state index in [1.165, 1.54) is 32.4 Å². The number of ether oxygens (including phenoxy) is 2. The third-order valence-corrected chi connectivity index (χ3v) is 5.13. The van der Waals surface area contributed by atoms with E-state index in [1.54, 1.807) is 25.1 Å². The lowest BCUT2D eigenvalue weighted by Gasteiger charge is -2.18. The van der Waals surface area contributed by atoms with E-state index in [0.717, 1.165) is 4.90 Å². The number of imide groups is 1. The molecule has 0 aliphatic carbocycles. The molecule has 10 nitrogen and oxygen atoms in total. The number of carbonyl (C=O) groups is 2. The number of benzene rings is 2. The SMILES string of the molecule is COc1ccc(C2=NO[C@@H]3C(=O)N(c4ccc([N+](=O)[O-])cc4C)C(=O)[C@@H]23)c(OC)c1. The molecule has 0 radical (unpaired) electrons. The Morgan fingerprint density at radius 3 is 2.50 bits per heavy atom. The maximum atomic E-state index is 13.2. The van der Waals surface area contributed by atoms with Gasteiger partial charge in [0.25, 0.3) is 11.6 Å². The van der Waals surface area contributed by atoms with E-state index in [2.05, 4.69) is 5.16 Å². The molecule has 0 aromatic heterocycles. The summed E-state index contributed by atoms with van der Waals surface area (Å²) in [7, 11) is 2.99. The number of nitrogens with zero attached hydrogens (tertiary/aromatic N) is 3. The van der Waals surface area contributed by atoms with Gasteiger partial charge in [-0.3, -0.25) is 19.7 Å². The lowest BCUT2D eigenvalue weighted by molar-refractivity contribution is -0.384. The topological polar surface area (TPSA) is 121 Å². The van der Waals surface area contributed by atoms with Gasteiger partial charge < -0.3 is 14.3 Å². The second kappa shape index (κ2) is 7.14. The molecular formula is C20H17N3O7. The molecule has 1 fully saturated rings. The third-order valence-electron chi connectivity index (χ3n) is 5.13. The fourth-order valence-electron chi connectivity index (χ4n) is 3.65.